The average molecular weight is 341 g/mol. The summed E-state index contributed by atoms with van der Waals surface area (Å²) < 4.78 is 11.1. The van der Waals surface area contributed by atoms with Crippen LogP contribution in [0.3, 0.4) is 0 Å². The Balaban J connectivity index is 1.91. The molecule has 0 unspecified atom stereocenters. The van der Waals surface area contributed by atoms with E-state index in [2.05, 4.69) is 15.0 Å². The zero-order valence-corrected chi connectivity index (χ0v) is 14.6. The van der Waals surface area contributed by atoms with Crippen LogP contribution in [0.1, 0.15) is 30.5 Å². The van der Waals surface area contributed by atoms with Gasteiger partial charge in [-0.05, 0) is 62.6 Å². The number of amidine groups is 1. The van der Waals surface area contributed by atoms with E-state index in [9.17, 15) is 5.21 Å². The Kier molecular flexibility index (Phi) is 5.38. The summed E-state index contributed by atoms with van der Waals surface area (Å²) in [6.07, 6.45) is 3.39. The van der Waals surface area contributed by atoms with Gasteiger partial charge in [-0.3, -0.25) is 0 Å². The molecule has 3 rings (SSSR count). The molecule has 1 aromatic heterocycles. The Morgan fingerprint density at radius 1 is 1.04 bits per heavy atom. The molecular formula is C19H23N3O3. The highest BCUT2D eigenvalue weighted by Crippen LogP contribution is 2.27. The van der Waals surface area contributed by atoms with E-state index < -0.39 is 0 Å². The largest absolute Gasteiger partial charge is 0.497 e. The first-order valence-corrected chi connectivity index (χ1v) is 8.48. The number of hydrogen-bond donors (Lipinski definition) is 1. The molecule has 132 valence electrons. The Labute approximate surface area is 147 Å². The number of oxime groups is 1. The van der Waals surface area contributed by atoms with Crippen molar-refractivity contribution < 1.29 is 14.7 Å². The molecule has 0 radical (unpaired) electrons. The molecule has 0 saturated carbocycles. The monoisotopic (exact) mass is 341 g/mol. The van der Waals surface area contributed by atoms with Crippen LogP contribution in [0.2, 0.25) is 0 Å². The molecule has 1 fully saturated rings. The third-order valence-electron chi connectivity index (χ3n) is 4.26. The highest BCUT2D eigenvalue weighted by atomic mass is 16.5. The predicted octanol–water partition coefficient (Wildman–Crippen LogP) is 3.81. The second-order valence-corrected chi connectivity index (χ2v) is 6.05. The minimum atomic E-state index is 0.434. The van der Waals surface area contributed by atoms with Crippen molar-refractivity contribution >= 4 is 5.84 Å². The van der Waals surface area contributed by atoms with E-state index in [1.54, 1.807) is 7.11 Å². The second-order valence-electron chi connectivity index (χ2n) is 6.05. The van der Waals surface area contributed by atoms with Crippen LogP contribution in [0.4, 0.5) is 0 Å². The predicted molar refractivity (Wildman–Crippen MR) is 95.8 cm³/mol. The molecule has 1 aliphatic rings. The number of ether oxygens (including phenoxy) is 2. The van der Waals surface area contributed by atoms with Crippen LogP contribution in [-0.4, -0.2) is 41.1 Å². The van der Waals surface area contributed by atoms with Gasteiger partial charge in [0.1, 0.15) is 11.5 Å². The number of nitrogens with zero attached hydrogens (tertiary/aromatic N) is 3. The topological polar surface area (TPSA) is 67.2 Å². The standard InChI is InChI=1S/C19H23N3O3/c1-14-6-11-17(18(21-23)22-12-4-3-5-13-22)19(20-14)25-16-9-7-15(24-2)8-10-16/h6-11,23H,3-5,12-13H2,1-2H3/b21-18-. The van der Waals surface area contributed by atoms with Crippen molar-refractivity contribution in [3.05, 3.63) is 47.7 Å². The fourth-order valence-electron chi connectivity index (χ4n) is 2.93. The Hall–Kier alpha value is -2.76. The van der Waals surface area contributed by atoms with E-state index in [1.165, 1.54) is 6.42 Å². The third-order valence-corrected chi connectivity index (χ3v) is 4.26. The van der Waals surface area contributed by atoms with Gasteiger partial charge in [0.05, 0.1) is 12.7 Å². The van der Waals surface area contributed by atoms with Crippen molar-refractivity contribution in [1.29, 1.82) is 0 Å². The lowest BCUT2D eigenvalue weighted by Gasteiger charge is -2.29. The number of aromatic nitrogens is 1. The van der Waals surface area contributed by atoms with Gasteiger partial charge in [-0.25, -0.2) is 4.98 Å². The van der Waals surface area contributed by atoms with E-state index in [1.807, 2.05) is 43.3 Å². The van der Waals surface area contributed by atoms with E-state index in [-0.39, 0.29) is 0 Å². The minimum Gasteiger partial charge on any atom is -0.497 e. The molecule has 1 aliphatic heterocycles. The van der Waals surface area contributed by atoms with Gasteiger partial charge in [0, 0.05) is 18.8 Å². The molecule has 2 heterocycles. The molecule has 0 aliphatic carbocycles. The van der Waals surface area contributed by atoms with Crippen LogP contribution in [0.5, 0.6) is 17.4 Å². The first-order chi connectivity index (χ1) is 12.2. The summed E-state index contributed by atoms with van der Waals surface area (Å²) >= 11 is 0. The van der Waals surface area contributed by atoms with Gasteiger partial charge in [-0.15, -0.1) is 0 Å². The lowest BCUT2D eigenvalue weighted by Crippen LogP contribution is -2.36. The molecule has 0 bridgehead atoms. The molecule has 0 spiro atoms. The summed E-state index contributed by atoms with van der Waals surface area (Å²) in [7, 11) is 1.62. The molecule has 6 heteroatoms. The second kappa shape index (κ2) is 7.88. The molecular weight excluding hydrogens is 318 g/mol. The van der Waals surface area contributed by atoms with Crippen LogP contribution >= 0.6 is 0 Å². The summed E-state index contributed by atoms with van der Waals surface area (Å²) in [6.45, 7) is 3.64. The smallest absolute Gasteiger partial charge is 0.230 e. The molecule has 1 saturated heterocycles. The highest BCUT2D eigenvalue weighted by Gasteiger charge is 2.22. The van der Waals surface area contributed by atoms with Gasteiger partial charge in [-0.2, -0.15) is 0 Å². The number of methoxy groups -OCH3 is 1. The van der Waals surface area contributed by atoms with Crippen molar-refractivity contribution in [3.63, 3.8) is 0 Å². The maximum absolute atomic E-state index is 9.61. The number of benzene rings is 1. The normalized spacial score (nSPS) is 15.1. The van der Waals surface area contributed by atoms with Crippen molar-refractivity contribution in [1.82, 2.24) is 9.88 Å². The maximum atomic E-state index is 9.61. The Morgan fingerprint density at radius 2 is 1.72 bits per heavy atom. The summed E-state index contributed by atoms with van der Waals surface area (Å²) in [6, 6.07) is 11.1. The van der Waals surface area contributed by atoms with E-state index in [4.69, 9.17) is 9.47 Å². The molecule has 0 atom stereocenters. The Morgan fingerprint density at radius 3 is 2.36 bits per heavy atom. The number of pyridine rings is 1. The molecule has 2 aromatic rings. The molecule has 6 nitrogen and oxygen atoms in total. The van der Waals surface area contributed by atoms with Crippen LogP contribution < -0.4 is 9.47 Å². The lowest BCUT2D eigenvalue weighted by molar-refractivity contribution is 0.285. The number of rotatable bonds is 4. The number of likely N-dealkylation sites (tertiary alicyclic amines) is 1. The van der Waals surface area contributed by atoms with E-state index in [0.29, 0.717) is 23.0 Å². The fourth-order valence-corrected chi connectivity index (χ4v) is 2.93. The van der Waals surface area contributed by atoms with Crippen LogP contribution in [0, 0.1) is 6.92 Å². The summed E-state index contributed by atoms with van der Waals surface area (Å²) in [5.74, 6) is 2.35. The quantitative estimate of drug-likeness (QED) is 0.396. The van der Waals surface area contributed by atoms with Crippen LogP contribution in [0.15, 0.2) is 41.6 Å². The van der Waals surface area contributed by atoms with Gasteiger partial charge >= 0.3 is 0 Å². The summed E-state index contributed by atoms with van der Waals surface area (Å²) in [5.41, 5.74) is 1.52. The summed E-state index contributed by atoms with van der Waals surface area (Å²) in [5, 5.41) is 13.2. The van der Waals surface area contributed by atoms with Crippen molar-refractivity contribution in [2.24, 2.45) is 5.16 Å². The zero-order chi connectivity index (χ0) is 17.6. The van der Waals surface area contributed by atoms with E-state index in [0.717, 1.165) is 37.4 Å². The van der Waals surface area contributed by atoms with Gasteiger partial charge < -0.3 is 19.6 Å². The highest BCUT2D eigenvalue weighted by molar-refractivity contribution is 6.00. The number of aryl methyl sites for hydroxylation is 1. The SMILES string of the molecule is COc1ccc(Oc2nc(C)ccc2/C(=N/O)N2CCCCC2)cc1. The molecule has 25 heavy (non-hydrogen) atoms. The van der Waals surface area contributed by atoms with Crippen molar-refractivity contribution in [2.75, 3.05) is 20.2 Å². The minimum absolute atomic E-state index is 0.434. The third kappa shape index (κ3) is 4.02. The fraction of sp³-hybridized carbons (Fsp3) is 0.368. The van der Waals surface area contributed by atoms with Crippen LogP contribution in [0.25, 0.3) is 0 Å². The van der Waals surface area contributed by atoms with E-state index >= 15 is 0 Å². The van der Waals surface area contributed by atoms with Crippen molar-refractivity contribution in [2.45, 2.75) is 26.2 Å². The first kappa shape index (κ1) is 17.1. The van der Waals surface area contributed by atoms with Crippen molar-refractivity contribution in [3.8, 4) is 17.4 Å². The van der Waals surface area contributed by atoms with Gasteiger partial charge in [0.2, 0.25) is 5.88 Å². The average Bonchev–Trinajstić information content (AvgIpc) is 2.65. The molecule has 1 N–H and O–H groups in total. The number of hydrogen-bond acceptors (Lipinski definition) is 5. The van der Waals surface area contributed by atoms with Gasteiger partial charge in [0.25, 0.3) is 0 Å². The van der Waals surface area contributed by atoms with Crippen LogP contribution in [-0.2, 0) is 0 Å². The maximum Gasteiger partial charge on any atom is 0.230 e. The lowest BCUT2D eigenvalue weighted by atomic mass is 10.1. The van der Waals surface area contributed by atoms with Gasteiger partial charge in [0.15, 0.2) is 5.84 Å². The zero-order valence-electron chi connectivity index (χ0n) is 14.6. The van der Waals surface area contributed by atoms with Gasteiger partial charge in [-0.1, -0.05) is 5.16 Å². The molecule has 1 aromatic carbocycles. The Bertz CT molecular complexity index is 738. The summed E-state index contributed by atoms with van der Waals surface area (Å²) in [4.78, 5) is 6.58. The number of piperidine rings is 1. The first-order valence-electron chi connectivity index (χ1n) is 8.48. The molecule has 0 amide bonds.